The summed E-state index contributed by atoms with van der Waals surface area (Å²) < 4.78 is 6.10. The van der Waals surface area contributed by atoms with Crippen molar-refractivity contribution >= 4 is 39.8 Å². The molecule has 0 bridgehead atoms. The predicted molar refractivity (Wildman–Crippen MR) is 84.7 cm³/mol. The highest BCUT2D eigenvalue weighted by molar-refractivity contribution is 9.10. The van der Waals surface area contributed by atoms with Crippen LogP contribution in [0.2, 0.25) is 0 Å². The van der Waals surface area contributed by atoms with E-state index in [9.17, 15) is 4.79 Å². The van der Waals surface area contributed by atoms with Gasteiger partial charge in [0.05, 0.1) is 18.2 Å². The number of thioether (sulfide) groups is 1. The van der Waals surface area contributed by atoms with Crippen molar-refractivity contribution in [3.63, 3.8) is 0 Å². The number of nitrogens with zero attached hydrogens (tertiary/aromatic N) is 1. The molecule has 0 aliphatic rings. The minimum Gasteiger partial charge on any atom is -0.463 e. The molecule has 0 aliphatic heterocycles. The molecule has 0 saturated heterocycles. The summed E-state index contributed by atoms with van der Waals surface area (Å²) in [5, 5.41) is 3.81. The van der Waals surface area contributed by atoms with Crippen LogP contribution in [0.25, 0.3) is 0 Å². The number of carbonyl (C=O) groups excluding carboxylic acids is 1. The summed E-state index contributed by atoms with van der Waals surface area (Å²) in [6.45, 7) is 0. The van der Waals surface area contributed by atoms with Crippen LogP contribution in [0.5, 0.6) is 0 Å². The van der Waals surface area contributed by atoms with Gasteiger partial charge in [0.25, 0.3) is 0 Å². The van der Waals surface area contributed by atoms with Crippen LogP contribution in [0, 0.1) is 0 Å². The lowest BCUT2D eigenvalue weighted by molar-refractivity contribution is -0.118. The summed E-state index contributed by atoms with van der Waals surface area (Å²) in [5.41, 5.74) is 3.64. The maximum Gasteiger partial charge on any atom is 0.250 e. The zero-order valence-corrected chi connectivity index (χ0v) is 13.0. The molecular weight excluding hydrogens is 340 g/mol. The predicted octanol–water partition coefficient (Wildman–Crippen LogP) is 3.43. The molecule has 0 aliphatic carbocycles. The van der Waals surface area contributed by atoms with Crippen molar-refractivity contribution in [2.24, 2.45) is 5.10 Å². The highest BCUT2D eigenvalue weighted by Crippen LogP contribution is 2.16. The van der Waals surface area contributed by atoms with Gasteiger partial charge in [-0.15, -0.1) is 11.8 Å². The number of carbonyl (C=O) groups is 1. The maximum absolute atomic E-state index is 11.5. The van der Waals surface area contributed by atoms with Gasteiger partial charge in [-0.3, -0.25) is 4.79 Å². The third-order valence-electron chi connectivity index (χ3n) is 2.32. The third kappa shape index (κ3) is 5.22. The molecule has 0 saturated carbocycles. The lowest BCUT2D eigenvalue weighted by Gasteiger charge is -2.02. The summed E-state index contributed by atoms with van der Waals surface area (Å²) in [6, 6.07) is 11.6. The Balaban J connectivity index is 1.68. The van der Waals surface area contributed by atoms with Crippen LogP contribution in [0.3, 0.4) is 0 Å². The smallest absolute Gasteiger partial charge is 0.250 e. The molecule has 1 heterocycles. The fourth-order valence-corrected chi connectivity index (χ4v) is 2.67. The van der Waals surface area contributed by atoms with Gasteiger partial charge >= 0.3 is 0 Å². The molecule has 0 unspecified atom stereocenters. The van der Waals surface area contributed by atoms with Crippen LogP contribution >= 0.6 is 27.7 Å². The zero-order valence-electron chi connectivity index (χ0n) is 10.6. The lowest BCUT2D eigenvalue weighted by atomic mass is 10.2. The Morgan fingerprint density at radius 2 is 2.30 bits per heavy atom. The van der Waals surface area contributed by atoms with Crippen molar-refractivity contribution in [2.75, 3.05) is 5.75 Å². The molecule has 0 spiro atoms. The highest BCUT2D eigenvalue weighted by Gasteiger charge is 2.01. The van der Waals surface area contributed by atoms with Crippen LogP contribution in [0.1, 0.15) is 11.3 Å². The average Bonchev–Trinajstić information content (AvgIpc) is 2.92. The van der Waals surface area contributed by atoms with Crippen LogP contribution in [0.4, 0.5) is 0 Å². The first-order valence-electron chi connectivity index (χ1n) is 5.91. The lowest BCUT2D eigenvalue weighted by Crippen LogP contribution is -2.19. The second kappa shape index (κ2) is 7.91. The van der Waals surface area contributed by atoms with Gasteiger partial charge in [-0.25, -0.2) is 5.43 Å². The minimum absolute atomic E-state index is 0.132. The first-order chi connectivity index (χ1) is 9.74. The SMILES string of the molecule is O=C(CSCc1cccc(Br)c1)NN=Cc1ccco1. The van der Waals surface area contributed by atoms with Crippen molar-refractivity contribution in [1.82, 2.24) is 5.43 Å². The van der Waals surface area contributed by atoms with Gasteiger partial charge in [0.2, 0.25) is 5.91 Å². The van der Waals surface area contributed by atoms with E-state index in [4.69, 9.17) is 4.42 Å². The zero-order chi connectivity index (χ0) is 14.2. The number of amides is 1. The Bertz CT molecular complexity index is 585. The van der Waals surface area contributed by atoms with Gasteiger partial charge < -0.3 is 4.42 Å². The quantitative estimate of drug-likeness (QED) is 0.640. The maximum atomic E-state index is 11.5. The molecular formula is C14H13BrN2O2S. The number of hydrazone groups is 1. The van der Waals surface area contributed by atoms with E-state index >= 15 is 0 Å². The summed E-state index contributed by atoms with van der Waals surface area (Å²) in [4.78, 5) is 11.5. The normalized spacial score (nSPS) is 10.8. The van der Waals surface area contributed by atoms with Gasteiger partial charge in [0, 0.05) is 10.2 Å². The highest BCUT2D eigenvalue weighted by atomic mass is 79.9. The van der Waals surface area contributed by atoms with Crippen LogP contribution < -0.4 is 5.43 Å². The van der Waals surface area contributed by atoms with Crippen molar-refractivity contribution < 1.29 is 9.21 Å². The molecule has 1 aromatic heterocycles. The molecule has 1 N–H and O–H groups in total. The first kappa shape index (κ1) is 14.9. The number of rotatable bonds is 6. The van der Waals surface area contributed by atoms with E-state index in [0.29, 0.717) is 11.5 Å². The fraction of sp³-hybridized carbons (Fsp3) is 0.143. The second-order valence-electron chi connectivity index (χ2n) is 3.93. The monoisotopic (exact) mass is 352 g/mol. The number of furan rings is 1. The van der Waals surface area contributed by atoms with Crippen molar-refractivity contribution in [2.45, 2.75) is 5.75 Å². The number of halogens is 1. The van der Waals surface area contributed by atoms with Gasteiger partial charge in [0.15, 0.2) is 0 Å². The van der Waals surface area contributed by atoms with E-state index in [1.54, 1.807) is 30.2 Å². The first-order valence-corrected chi connectivity index (χ1v) is 7.86. The topological polar surface area (TPSA) is 54.6 Å². The Hall–Kier alpha value is -1.53. The van der Waals surface area contributed by atoms with Crippen LogP contribution in [0.15, 0.2) is 56.7 Å². The van der Waals surface area contributed by atoms with Crippen molar-refractivity contribution in [3.8, 4) is 0 Å². The molecule has 2 aromatic rings. The van der Waals surface area contributed by atoms with E-state index in [1.807, 2.05) is 24.3 Å². The van der Waals surface area contributed by atoms with E-state index in [1.165, 1.54) is 11.8 Å². The Morgan fingerprint density at radius 1 is 1.40 bits per heavy atom. The molecule has 6 heteroatoms. The Morgan fingerprint density at radius 3 is 3.05 bits per heavy atom. The molecule has 0 radical (unpaired) electrons. The van der Waals surface area contributed by atoms with E-state index in [0.717, 1.165) is 10.2 Å². The fourth-order valence-electron chi connectivity index (χ4n) is 1.45. The summed E-state index contributed by atoms with van der Waals surface area (Å²) in [7, 11) is 0. The van der Waals surface area contributed by atoms with Crippen LogP contribution in [-0.4, -0.2) is 17.9 Å². The van der Waals surface area contributed by atoms with Crippen LogP contribution in [-0.2, 0) is 10.5 Å². The largest absolute Gasteiger partial charge is 0.463 e. The molecule has 1 aromatic carbocycles. The molecule has 2 rings (SSSR count). The molecule has 20 heavy (non-hydrogen) atoms. The molecule has 4 nitrogen and oxygen atoms in total. The number of hydrogen-bond acceptors (Lipinski definition) is 4. The summed E-state index contributed by atoms with van der Waals surface area (Å²) in [5.74, 6) is 1.62. The van der Waals surface area contributed by atoms with Gasteiger partial charge in [-0.1, -0.05) is 28.1 Å². The van der Waals surface area contributed by atoms with E-state index < -0.39 is 0 Å². The van der Waals surface area contributed by atoms with Gasteiger partial charge in [0.1, 0.15) is 5.76 Å². The van der Waals surface area contributed by atoms with Gasteiger partial charge in [-0.05, 0) is 29.8 Å². The summed E-state index contributed by atoms with van der Waals surface area (Å²) >= 11 is 4.96. The molecule has 1 amide bonds. The number of nitrogens with one attached hydrogen (secondary N) is 1. The third-order valence-corrected chi connectivity index (χ3v) is 3.81. The molecule has 0 atom stereocenters. The summed E-state index contributed by atoms with van der Waals surface area (Å²) in [6.07, 6.45) is 3.02. The Labute approximate surface area is 129 Å². The number of hydrogen-bond donors (Lipinski definition) is 1. The number of benzene rings is 1. The van der Waals surface area contributed by atoms with Crippen molar-refractivity contribution in [3.05, 3.63) is 58.5 Å². The minimum atomic E-state index is -0.132. The standard InChI is InChI=1S/C14H13BrN2O2S/c15-12-4-1-3-11(7-12)9-20-10-14(18)17-16-8-13-5-2-6-19-13/h1-8H,9-10H2,(H,17,18). The molecule has 104 valence electrons. The van der Waals surface area contributed by atoms with E-state index in [2.05, 4.69) is 26.5 Å². The average molecular weight is 353 g/mol. The van der Waals surface area contributed by atoms with Gasteiger partial charge in [-0.2, -0.15) is 5.10 Å². The molecule has 0 fully saturated rings. The second-order valence-corrected chi connectivity index (χ2v) is 5.83. The Kier molecular flexibility index (Phi) is 5.88. The van der Waals surface area contributed by atoms with E-state index in [-0.39, 0.29) is 5.91 Å². The van der Waals surface area contributed by atoms with Crippen molar-refractivity contribution in [1.29, 1.82) is 0 Å².